The number of aryl methyl sites for hydroxylation is 1. The van der Waals surface area contributed by atoms with Crippen molar-refractivity contribution < 1.29 is 9.90 Å². The molecule has 0 bridgehead atoms. The molecule has 1 heterocycles. The summed E-state index contributed by atoms with van der Waals surface area (Å²) < 4.78 is 1.93. The molecule has 0 aliphatic carbocycles. The summed E-state index contributed by atoms with van der Waals surface area (Å²) in [5.41, 5.74) is 0.618. The average molecular weight is 211 g/mol. The molecule has 0 atom stereocenters. The monoisotopic (exact) mass is 211 g/mol. The van der Waals surface area contributed by atoms with Crippen LogP contribution in [0.1, 0.15) is 12.1 Å². The molecule has 0 saturated heterocycles. The average Bonchev–Trinajstić information content (AvgIpc) is 2.50. The second-order valence-corrected chi connectivity index (χ2v) is 3.83. The van der Waals surface area contributed by atoms with Gasteiger partial charge >= 0.3 is 5.97 Å². The predicted molar refractivity (Wildman–Crippen MR) is 56.7 cm³/mol. The van der Waals surface area contributed by atoms with Gasteiger partial charge < -0.3 is 14.6 Å². The molecule has 0 fully saturated rings. The Labute approximate surface area is 89.3 Å². The van der Waals surface area contributed by atoms with Crippen molar-refractivity contribution >= 4 is 5.97 Å². The quantitative estimate of drug-likeness (QED) is 0.742. The number of imidazole rings is 1. The third-order valence-corrected chi connectivity index (χ3v) is 2.04. The molecule has 0 radical (unpaired) electrons. The molecule has 0 saturated carbocycles. The number of hydrogen-bond donors (Lipinski definition) is 1. The number of carboxylic acids is 1. The van der Waals surface area contributed by atoms with Gasteiger partial charge in [-0.2, -0.15) is 0 Å². The van der Waals surface area contributed by atoms with E-state index >= 15 is 0 Å². The molecule has 0 amide bonds. The van der Waals surface area contributed by atoms with E-state index in [0.717, 1.165) is 19.5 Å². The maximum absolute atomic E-state index is 10.4. The molecule has 1 rings (SSSR count). The van der Waals surface area contributed by atoms with Crippen molar-refractivity contribution in [1.82, 2.24) is 14.5 Å². The predicted octanol–water partition coefficient (Wildman–Crippen LogP) is 0.462. The molecule has 1 N–H and O–H groups in total. The van der Waals surface area contributed by atoms with Gasteiger partial charge in [0.15, 0.2) is 0 Å². The van der Waals surface area contributed by atoms with Gasteiger partial charge in [0.2, 0.25) is 0 Å². The molecular formula is C10H17N3O2. The fourth-order valence-electron chi connectivity index (χ4n) is 1.34. The number of rotatable bonds is 6. The van der Waals surface area contributed by atoms with E-state index in [1.54, 1.807) is 12.5 Å². The first-order chi connectivity index (χ1) is 7.08. The Hall–Kier alpha value is -1.36. The van der Waals surface area contributed by atoms with Crippen LogP contribution in [0.2, 0.25) is 0 Å². The maximum atomic E-state index is 10.4. The van der Waals surface area contributed by atoms with Crippen molar-refractivity contribution in [3.63, 3.8) is 0 Å². The van der Waals surface area contributed by atoms with Gasteiger partial charge in [0.05, 0.1) is 18.4 Å². The first kappa shape index (κ1) is 11.7. The Bertz CT molecular complexity index is 320. The summed E-state index contributed by atoms with van der Waals surface area (Å²) >= 11 is 0. The van der Waals surface area contributed by atoms with Crippen LogP contribution in [0.5, 0.6) is 0 Å². The zero-order valence-corrected chi connectivity index (χ0v) is 9.18. The van der Waals surface area contributed by atoms with E-state index in [0.29, 0.717) is 5.69 Å². The zero-order valence-electron chi connectivity index (χ0n) is 9.18. The maximum Gasteiger partial charge on any atom is 0.309 e. The van der Waals surface area contributed by atoms with Crippen molar-refractivity contribution in [1.29, 1.82) is 0 Å². The van der Waals surface area contributed by atoms with Crippen LogP contribution in [0.25, 0.3) is 0 Å². The smallest absolute Gasteiger partial charge is 0.309 e. The number of hydrogen-bond acceptors (Lipinski definition) is 3. The number of carboxylic acid groups (broad SMARTS) is 1. The number of nitrogens with zero attached hydrogens (tertiary/aromatic N) is 3. The van der Waals surface area contributed by atoms with Crippen LogP contribution in [0, 0.1) is 0 Å². The summed E-state index contributed by atoms with van der Waals surface area (Å²) in [6.45, 7) is 1.90. The highest BCUT2D eigenvalue weighted by Crippen LogP contribution is 1.99. The largest absolute Gasteiger partial charge is 0.481 e. The summed E-state index contributed by atoms with van der Waals surface area (Å²) in [6, 6.07) is 0. The highest BCUT2D eigenvalue weighted by molar-refractivity contribution is 5.69. The fourth-order valence-corrected chi connectivity index (χ4v) is 1.34. The topological polar surface area (TPSA) is 58.4 Å². The van der Waals surface area contributed by atoms with Crippen LogP contribution in [0.3, 0.4) is 0 Å². The molecule has 0 aliphatic rings. The van der Waals surface area contributed by atoms with E-state index < -0.39 is 5.97 Å². The van der Waals surface area contributed by atoms with Gasteiger partial charge in [-0.1, -0.05) is 0 Å². The first-order valence-corrected chi connectivity index (χ1v) is 4.95. The minimum atomic E-state index is -0.839. The Balaban J connectivity index is 2.36. The number of aromatic nitrogens is 2. The molecule has 0 unspecified atom stereocenters. The van der Waals surface area contributed by atoms with Crippen LogP contribution in [-0.4, -0.2) is 46.2 Å². The van der Waals surface area contributed by atoms with Crippen LogP contribution < -0.4 is 0 Å². The lowest BCUT2D eigenvalue weighted by Crippen LogP contribution is -2.14. The van der Waals surface area contributed by atoms with E-state index in [1.165, 1.54) is 0 Å². The summed E-state index contributed by atoms with van der Waals surface area (Å²) in [5, 5.41) is 8.57. The van der Waals surface area contributed by atoms with Gasteiger partial charge in [-0.3, -0.25) is 4.79 Å². The van der Waals surface area contributed by atoms with Gasteiger partial charge in [-0.25, -0.2) is 4.98 Å². The summed E-state index contributed by atoms with van der Waals surface area (Å²) in [6.07, 6.45) is 4.52. The zero-order chi connectivity index (χ0) is 11.3. The van der Waals surface area contributed by atoms with Gasteiger partial charge in [0.25, 0.3) is 0 Å². The van der Waals surface area contributed by atoms with E-state index in [1.807, 2.05) is 18.7 Å². The standard InChI is InChI=1S/C10H17N3O2/c1-12(2)4-3-5-13-7-9(11-8-13)6-10(14)15/h7-8H,3-6H2,1-2H3,(H,14,15). The van der Waals surface area contributed by atoms with Crippen LogP contribution >= 0.6 is 0 Å². The lowest BCUT2D eigenvalue weighted by molar-refractivity contribution is -0.136. The number of carbonyl (C=O) groups is 1. The van der Waals surface area contributed by atoms with Gasteiger partial charge in [0, 0.05) is 12.7 Å². The second kappa shape index (κ2) is 5.50. The highest BCUT2D eigenvalue weighted by Gasteiger charge is 2.03. The third kappa shape index (κ3) is 4.60. The lowest BCUT2D eigenvalue weighted by atomic mass is 10.3. The summed E-state index contributed by atoms with van der Waals surface area (Å²) in [5.74, 6) is -0.839. The fraction of sp³-hybridized carbons (Fsp3) is 0.600. The molecule has 0 aromatic carbocycles. The molecule has 5 nitrogen and oxygen atoms in total. The van der Waals surface area contributed by atoms with Crippen molar-refractivity contribution in [3.05, 3.63) is 18.2 Å². The van der Waals surface area contributed by atoms with Crippen molar-refractivity contribution in [3.8, 4) is 0 Å². The molecule has 1 aromatic heterocycles. The molecule has 15 heavy (non-hydrogen) atoms. The normalized spacial score (nSPS) is 10.9. The molecule has 5 heteroatoms. The van der Waals surface area contributed by atoms with E-state index in [9.17, 15) is 4.79 Å². The summed E-state index contributed by atoms with van der Waals surface area (Å²) in [4.78, 5) is 16.6. The number of aliphatic carboxylic acids is 1. The lowest BCUT2D eigenvalue weighted by Gasteiger charge is -2.08. The Kier molecular flexibility index (Phi) is 4.30. The van der Waals surface area contributed by atoms with Crippen molar-refractivity contribution in [2.45, 2.75) is 19.4 Å². The van der Waals surface area contributed by atoms with Crippen LogP contribution in [0.4, 0.5) is 0 Å². The van der Waals surface area contributed by atoms with Gasteiger partial charge in [0.1, 0.15) is 0 Å². The second-order valence-electron chi connectivity index (χ2n) is 3.83. The van der Waals surface area contributed by atoms with Gasteiger partial charge in [-0.05, 0) is 27.1 Å². The first-order valence-electron chi connectivity index (χ1n) is 4.95. The Morgan fingerprint density at radius 1 is 1.60 bits per heavy atom. The Morgan fingerprint density at radius 2 is 2.33 bits per heavy atom. The Morgan fingerprint density at radius 3 is 2.93 bits per heavy atom. The van der Waals surface area contributed by atoms with Crippen molar-refractivity contribution in [2.24, 2.45) is 0 Å². The summed E-state index contributed by atoms with van der Waals surface area (Å²) in [7, 11) is 4.06. The molecule has 0 aliphatic heterocycles. The molecule has 84 valence electrons. The highest BCUT2D eigenvalue weighted by atomic mass is 16.4. The van der Waals surface area contributed by atoms with Crippen LogP contribution in [-0.2, 0) is 17.8 Å². The molecule has 1 aromatic rings. The van der Waals surface area contributed by atoms with E-state index in [4.69, 9.17) is 5.11 Å². The van der Waals surface area contributed by atoms with Crippen molar-refractivity contribution in [2.75, 3.05) is 20.6 Å². The molecular weight excluding hydrogens is 194 g/mol. The minimum Gasteiger partial charge on any atom is -0.481 e. The minimum absolute atomic E-state index is 0.000675. The van der Waals surface area contributed by atoms with Crippen LogP contribution in [0.15, 0.2) is 12.5 Å². The SMILES string of the molecule is CN(C)CCCn1cnc(CC(=O)O)c1. The van der Waals surface area contributed by atoms with Gasteiger partial charge in [-0.15, -0.1) is 0 Å². The molecule has 0 spiro atoms. The van der Waals surface area contributed by atoms with E-state index in [2.05, 4.69) is 9.88 Å². The van der Waals surface area contributed by atoms with E-state index in [-0.39, 0.29) is 6.42 Å². The third-order valence-electron chi connectivity index (χ3n) is 2.04.